The fourth-order valence-electron chi connectivity index (χ4n) is 3.25. The molecule has 1 saturated heterocycles. The minimum Gasteiger partial charge on any atom is -0.324 e. The van der Waals surface area contributed by atoms with Gasteiger partial charge in [0.25, 0.3) is 11.8 Å². The van der Waals surface area contributed by atoms with Crippen LogP contribution in [0.4, 0.5) is 20.2 Å². The fourth-order valence-corrected chi connectivity index (χ4v) is 3.43. The van der Waals surface area contributed by atoms with Gasteiger partial charge in [-0.3, -0.25) is 19.4 Å². The number of nitrogens with one attached hydrogen (secondary N) is 1. The van der Waals surface area contributed by atoms with Crippen molar-refractivity contribution in [1.82, 2.24) is 5.01 Å². The van der Waals surface area contributed by atoms with E-state index >= 15 is 0 Å². The molecule has 0 aromatic heterocycles. The summed E-state index contributed by atoms with van der Waals surface area (Å²) in [6.45, 7) is 1.21. The Morgan fingerprint density at radius 2 is 1.90 bits per heavy atom. The lowest BCUT2D eigenvalue weighted by Crippen LogP contribution is -2.43. The minimum atomic E-state index is -1.12. The van der Waals surface area contributed by atoms with Crippen LogP contribution in [-0.2, 0) is 14.4 Å². The van der Waals surface area contributed by atoms with Gasteiger partial charge in [0.2, 0.25) is 5.91 Å². The van der Waals surface area contributed by atoms with E-state index < -0.39 is 41.4 Å². The van der Waals surface area contributed by atoms with Gasteiger partial charge in [0.1, 0.15) is 18.2 Å². The Kier molecular flexibility index (Phi) is 4.94. The molecular weight excluding hydrogens is 420 g/mol. The topological polar surface area (TPSA) is 94.4 Å². The van der Waals surface area contributed by atoms with Crippen LogP contribution < -0.4 is 10.2 Å². The summed E-state index contributed by atoms with van der Waals surface area (Å²) in [6.07, 6.45) is 0. The Morgan fingerprint density at radius 1 is 1.13 bits per heavy atom. The zero-order valence-electron chi connectivity index (χ0n) is 15.5. The number of fused-ring (bicyclic) bond motifs is 1. The van der Waals surface area contributed by atoms with Crippen molar-refractivity contribution < 1.29 is 23.2 Å². The average Bonchev–Trinajstić information content (AvgIpc) is 3.21. The lowest BCUT2D eigenvalue weighted by Gasteiger charge is -2.20. The summed E-state index contributed by atoms with van der Waals surface area (Å²) in [5.74, 6) is -3.04. The summed E-state index contributed by atoms with van der Waals surface area (Å²) in [6, 6.07) is 5.45. The summed E-state index contributed by atoms with van der Waals surface area (Å²) < 4.78 is 27.1. The van der Waals surface area contributed by atoms with Crippen LogP contribution in [0, 0.1) is 18.6 Å². The summed E-state index contributed by atoms with van der Waals surface area (Å²) >= 11 is 5.75. The number of imide groups is 1. The molecule has 30 heavy (non-hydrogen) atoms. The molecule has 154 valence electrons. The highest BCUT2D eigenvalue weighted by Crippen LogP contribution is 2.33. The molecular formula is C19H14ClF2N5O3. The molecule has 0 unspecified atom stereocenters. The molecule has 1 fully saturated rings. The van der Waals surface area contributed by atoms with Gasteiger partial charge in [-0.25, -0.2) is 13.7 Å². The molecule has 0 saturated carbocycles. The Labute approximate surface area is 174 Å². The number of carbonyl (C=O) groups is 3. The average molecular weight is 434 g/mol. The monoisotopic (exact) mass is 433 g/mol. The van der Waals surface area contributed by atoms with Crippen LogP contribution in [-0.4, -0.2) is 41.4 Å². The molecule has 3 amide bonds. The van der Waals surface area contributed by atoms with E-state index in [0.29, 0.717) is 5.56 Å². The third-order valence-corrected chi connectivity index (χ3v) is 5.07. The second kappa shape index (κ2) is 7.45. The molecule has 0 spiro atoms. The number of rotatable bonds is 4. The first-order valence-electron chi connectivity index (χ1n) is 8.82. The Hall–Kier alpha value is -3.40. The highest BCUT2D eigenvalue weighted by molar-refractivity contribution is 6.32. The van der Waals surface area contributed by atoms with Crippen molar-refractivity contribution in [2.45, 2.75) is 19.0 Å². The van der Waals surface area contributed by atoms with E-state index in [1.807, 2.05) is 0 Å². The molecule has 4 rings (SSSR count). The van der Waals surface area contributed by atoms with E-state index in [4.69, 9.17) is 11.6 Å². The van der Waals surface area contributed by atoms with Crippen LogP contribution in [0.5, 0.6) is 0 Å². The number of amides is 3. The number of benzene rings is 2. The Balaban J connectivity index is 1.49. The lowest BCUT2D eigenvalue weighted by molar-refractivity contribution is -0.123. The molecule has 0 radical (unpaired) electrons. The van der Waals surface area contributed by atoms with Crippen molar-refractivity contribution >= 4 is 40.7 Å². The third kappa shape index (κ3) is 3.39. The van der Waals surface area contributed by atoms with Crippen LogP contribution in [0.2, 0.25) is 5.02 Å². The molecule has 8 nitrogen and oxygen atoms in total. The molecule has 2 aromatic rings. The largest absolute Gasteiger partial charge is 0.324 e. The van der Waals surface area contributed by atoms with Crippen molar-refractivity contribution in [2.24, 2.45) is 10.3 Å². The van der Waals surface area contributed by atoms with Crippen molar-refractivity contribution in [3.05, 3.63) is 58.6 Å². The predicted octanol–water partition coefficient (Wildman–Crippen LogP) is 2.86. The number of halogens is 3. The molecule has 2 atom stereocenters. The number of hydrogen-bond acceptors (Lipinski definition) is 6. The van der Waals surface area contributed by atoms with E-state index in [2.05, 4.69) is 15.7 Å². The normalized spacial score (nSPS) is 20.1. The zero-order valence-corrected chi connectivity index (χ0v) is 16.2. The molecule has 0 aliphatic carbocycles. The summed E-state index contributed by atoms with van der Waals surface area (Å²) in [7, 11) is 0. The van der Waals surface area contributed by atoms with E-state index in [0.717, 1.165) is 22.0 Å². The number of nitrogens with zero attached hydrogens (tertiary/aromatic N) is 4. The summed E-state index contributed by atoms with van der Waals surface area (Å²) in [5, 5.41) is 10.9. The van der Waals surface area contributed by atoms with Gasteiger partial charge in [0.15, 0.2) is 12.1 Å². The maximum atomic E-state index is 13.6. The SMILES string of the molecule is Cc1ccc(NC(=O)CN2N=N[C@@H]3C(=O)N(c4ccc(F)c(Cl)c4)C(=O)[C@@H]32)cc1F. The minimum absolute atomic E-state index is 0.0977. The Bertz CT molecular complexity index is 1110. The van der Waals surface area contributed by atoms with Gasteiger partial charge in [0, 0.05) is 5.69 Å². The zero-order chi connectivity index (χ0) is 21.6. The van der Waals surface area contributed by atoms with Gasteiger partial charge in [0.05, 0.1) is 10.7 Å². The maximum Gasteiger partial charge on any atom is 0.263 e. The van der Waals surface area contributed by atoms with Crippen LogP contribution in [0.25, 0.3) is 0 Å². The molecule has 2 aliphatic rings. The number of aryl methyl sites for hydroxylation is 1. The molecule has 2 heterocycles. The second-order valence-corrected chi connectivity index (χ2v) is 7.22. The first kappa shape index (κ1) is 19.9. The third-order valence-electron chi connectivity index (χ3n) is 4.78. The van der Waals surface area contributed by atoms with Gasteiger partial charge in [-0.15, -0.1) is 0 Å². The maximum absolute atomic E-state index is 13.6. The van der Waals surface area contributed by atoms with E-state index in [1.54, 1.807) is 6.92 Å². The first-order chi connectivity index (χ1) is 14.3. The number of carbonyl (C=O) groups excluding carboxylic acids is 3. The smallest absolute Gasteiger partial charge is 0.263 e. The molecule has 11 heteroatoms. The van der Waals surface area contributed by atoms with E-state index in [-0.39, 0.29) is 22.9 Å². The quantitative estimate of drug-likeness (QED) is 0.750. The van der Waals surface area contributed by atoms with Gasteiger partial charge in [-0.2, -0.15) is 5.11 Å². The first-order valence-corrected chi connectivity index (χ1v) is 9.20. The predicted molar refractivity (Wildman–Crippen MR) is 103 cm³/mol. The molecule has 1 N–H and O–H groups in total. The number of anilines is 2. The van der Waals surface area contributed by atoms with Crippen LogP contribution in [0.15, 0.2) is 46.7 Å². The second-order valence-electron chi connectivity index (χ2n) is 6.81. The van der Waals surface area contributed by atoms with Crippen LogP contribution in [0.1, 0.15) is 5.56 Å². The highest BCUT2D eigenvalue weighted by Gasteiger charge is 2.55. The van der Waals surface area contributed by atoms with Gasteiger partial charge >= 0.3 is 0 Å². The summed E-state index contributed by atoms with van der Waals surface area (Å²) in [5.41, 5.74) is 0.771. The van der Waals surface area contributed by atoms with Crippen molar-refractivity contribution in [3.63, 3.8) is 0 Å². The van der Waals surface area contributed by atoms with E-state index in [9.17, 15) is 23.2 Å². The fraction of sp³-hybridized carbons (Fsp3) is 0.211. The number of hydrogen-bond donors (Lipinski definition) is 1. The molecule has 2 aromatic carbocycles. The van der Waals surface area contributed by atoms with Crippen molar-refractivity contribution in [1.29, 1.82) is 0 Å². The Morgan fingerprint density at radius 3 is 2.60 bits per heavy atom. The molecule has 0 bridgehead atoms. The van der Waals surface area contributed by atoms with Crippen LogP contribution in [0.3, 0.4) is 0 Å². The van der Waals surface area contributed by atoms with Crippen molar-refractivity contribution in [2.75, 3.05) is 16.8 Å². The van der Waals surface area contributed by atoms with Crippen LogP contribution >= 0.6 is 11.6 Å². The molecule has 2 aliphatic heterocycles. The van der Waals surface area contributed by atoms with Gasteiger partial charge < -0.3 is 5.32 Å². The van der Waals surface area contributed by atoms with Gasteiger partial charge in [-0.05, 0) is 42.8 Å². The lowest BCUT2D eigenvalue weighted by atomic mass is 10.1. The summed E-state index contributed by atoms with van der Waals surface area (Å²) in [4.78, 5) is 38.7. The standard InChI is InChI=1S/C19H14ClF2N5O3/c1-9-2-3-10(6-14(9)22)23-15(28)8-26-17-16(24-25-26)18(29)27(19(17)30)11-4-5-13(21)12(20)7-11/h2-7,16-17H,8H2,1H3,(H,23,28)/t16-,17+/m0/s1. The van der Waals surface area contributed by atoms with Gasteiger partial charge in [-0.1, -0.05) is 22.9 Å². The highest BCUT2D eigenvalue weighted by atomic mass is 35.5. The van der Waals surface area contributed by atoms with E-state index in [1.165, 1.54) is 24.3 Å². The van der Waals surface area contributed by atoms with Crippen molar-refractivity contribution in [3.8, 4) is 0 Å².